The van der Waals surface area contributed by atoms with E-state index in [1.807, 2.05) is 0 Å². The third kappa shape index (κ3) is 3.22. The largest absolute Gasteiger partial charge is 0.358 e. The second-order valence-electron chi connectivity index (χ2n) is 6.33. The highest BCUT2D eigenvalue weighted by Gasteiger charge is 2.33. The number of nitrogens with zero attached hydrogens (tertiary/aromatic N) is 2. The molecule has 6 nitrogen and oxygen atoms in total. The zero-order valence-electron chi connectivity index (χ0n) is 14.6. The molecule has 1 aliphatic heterocycles. The molecule has 0 bridgehead atoms. The lowest BCUT2D eigenvalue weighted by Crippen LogP contribution is -2.30. The number of H-pyrrole nitrogens is 1. The van der Waals surface area contributed by atoms with Crippen molar-refractivity contribution in [2.45, 2.75) is 6.54 Å². The molecule has 1 aromatic heterocycles. The van der Waals surface area contributed by atoms with Gasteiger partial charge in [0, 0.05) is 17.1 Å². The van der Waals surface area contributed by atoms with Gasteiger partial charge in [0.25, 0.3) is 5.91 Å². The van der Waals surface area contributed by atoms with Gasteiger partial charge in [-0.05, 0) is 29.8 Å². The quantitative estimate of drug-likeness (QED) is 0.502. The monoisotopic (exact) mass is 412 g/mol. The number of aromatic nitrogens is 1. The Bertz CT molecular complexity index is 1260. The Morgan fingerprint density at radius 1 is 1.21 bits per heavy atom. The molecule has 2 heterocycles. The lowest BCUT2D eigenvalue weighted by Gasteiger charge is -2.12. The first-order chi connectivity index (χ1) is 13.9. The SMILES string of the molecule is N#Cc1ccc(CN2C(=O)NC(=Cc3c[nH]c4c(F)c(Cl)ccc34)C2=O)cc1F. The van der Waals surface area contributed by atoms with Crippen molar-refractivity contribution in [1.82, 2.24) is 15.2 Å². The van der Waals surface area contributed by atoms with E-state index in [-0.39, 0.29) is 28.3 Å². The van der Waals surface area contributed by atoms with E-state index < -0.39 is 23.6 Å². The molecule has 0 atom stereocenters. The fraction of sp³-hybridized carbons (Fsp3) is 0.0500. The Balaban J connectivity index is 1.62. The molecule has 1 fully saturated rings. The predicted molar refractivity (Wildman–Crippen MR) is 101 cm³/mol. The first-order valence-electron chi connectivity index (χ1n) is 8.37. The zero-order valence-corrected chi connectivity index (χ0v) is 15.3. The van der Waals surface area contributed by atoms with Crippen molar-refractivity contribution >= 4 is 40.5 Å². The van der Waals surface area contributed by atoms with Gasteiger partial charge in [0.15, 0.2) is 5.82 Å². The Morgan fingerprint density at radius 2 is 2.00 bits per heavy atom. The van der Waals surface area contributed by atoms with Crippen molar-refractivity contribution in [3.05, 3.63) is 75.6 Å². The first-order valence-corrected chi connectivity index (χ1v) is 8.75. The first kappa shape index (κ1) is 18.7. The Morgan fingerprint density at radius 3 is 2.72 bits per heavy atom. The van der Waals surface area contributed by atoms with E-state index in [9.17, 15) is 18.4 Å². The smallest absolute Gasteiger partial charge is 0.329 e. The maximum atomic E-state index is 14.1. The molecule has 1 saturated heterocycles. The van der Waals surface area contributed by atoms with E-state index in [1.54, 1.807) is 12.1 Å². The number of imide groups is 1. The van der Waals surface area contributed by atoms with Gasteiger partial charge < -0.3 is 10.3 Å². The summed E-state index contributed by atoms with van der Waals surface area (Å²) in [7, 11) is 0. The van der Waals surface area contributed by atoms with E-state index in [0.29, 0.717) is 16.5 Å². The fourth-order valence-electron chi connectivity index (χ4n) is 3.08. The number of fused-ring (bicyclic) bond motifs is 1. The van der Waals surface area contributed by atoms with Crippen LogP contribution in [-0.2, 0) is 11.3 Å². The van der Waals surface area contributed by atoms with Crippen LogP contribution in [0, 0.1) is 23.0 Å². The normalized spacial score (nSPS) is 15.2. The predicted octanol–water partition coefficient (Wildman–Crippen LogP) is 4.06. The van der Waals surface area contributed by atoms with Gasteiger partial charge in [0.1, 0.15) is 17.6 Å². The average molecular weight is 413 g/mol. The van der Waals surface area contributed by atoms with Crippen LogP contribution in [0.15, 0.2) is 42.2 Å². The van der Waals surface area contributed by atoms with E-state index in [2.05, 4.69) is 10.3 Å². The van der Waals surface area contributed by atoms with Crippen molar-refractivity contribution in [2.24, 2.45) is 0 Å². The topological polar surface area (TPSA) is 89.0 Å². The molecule has 3 aromatic rings. The molecule has 0 saturated carbocycles. The van der Waals surface area contributed by atoms with Crippen LogP contribution in [0.2, 0.25) is 5.02 Å². The number of hydrogen-bond acceptors (Lipinski definition) is 3. The summed E-state index contributed by atoms with van der Waals surface area (Å²) in [4.78, 5) is 28.5. The molecule has 0 unspecified atom stereocenters. The molecule has 0 spiro atoms. The molecule has 0 radical (unpaired) electrons. The molecular weight excluding hydrogens is 402 g/mol. The Kier molecular flexibility index (Phi) is 4.53. The summed E-state index contributed by atoms with van der Waals surface area (Å²) in [5.74, 6) is -1.95. The molecule has 2 aromatic carbocycles. The van der Waals surface area contributed by atoms with E-state index in [1.165, 1.54) is 30.5 Å². The van der Waals surface area contributed by atoms with Crippen molar-refractivity contribution < 1.29 is 18.4 Å². The van der Waals surface area contributed by atoms with Gasteiger partial charge >= 0.3 is 6.03 Å². The number of benzene rings is 2. The number of carbonyl (C=O) groups excluding carboxylic acids is 2. The minimum atomic E-state index is -0.729. The summed E-state index contributed by atoms with van der Waals surface area (Å²) < 4.78 is 27.9. The third-order valence-corrected chi connectivity index (χ3v) is 4.83. The van der Waals surface area contributed by atoms with Gasteiger partial charge in [-0.1, -0.05) is 23.7 Å². The minimum Gasteiger partial charge on any atom is -0.358 e. The highest BCUT2D eigenvalue weighted by Crippen LogP contribution is 2.28. The van der Waals surface area contributed by atoms with Crippen molar-refractivity contribution in [3.8, 4) is 6.07 Å². The van der Waals surface area contributed by atoms with Crippen molar-refractivity contribution in [3.63, 3.8) is 0 Å². The van der Waals surface area contributed by atoms with Crippen LogP contribution < -0.4 is 5.32 Å². The maximum Gasteiger partial charge on any atom is 0.329 e. The number of aromatic amines is 1. The summed E-state index contributed by atoms with van der Waals surface area (Å²) in [6.07, 6.45) is 2.92. The highest BCUT2D eigenvalue weighted by atomic mass is 35.5. The molecule has 0 aliphatic carbocycles. The van der Waals surface area contributed by atoms with Crippen molar-refractivity contribution in [2.75, 3.05) is 0 Å². The van der Waals surface area contributed by atoms with Crippen LogP contribution in [0.4, 0.5) is 13.6 Å². The highest BCUT2D eigenvalue weighted by molar-refractivity contribution is 6.31. The van der Waals surface area contributed by atoms with Gasteiger partial charge in [0.05, 0.1) is 22.6 Å². The van der Waals surface area contributed by atoms with Crippen LogP contribution in [-0.4, -0.2) is 21.8 Å². The summed E-state index contributed by atoms with van der Waals surface area (Å²) in [6, 6.07) is 7.89. The third-order valence-electron chi connectivity index (χ3n) is 4.53. The molecular formula is C20H11ClF2N4O2. The van der Waals surface area contributed by atoms with Gasteiger partial charge in [0.2, 0.25) is 0 Å². The summed E-state index contributed by atoms with van der Waals surface area (Å²) in [6.45, 7) is -0.164. The molecule has 9 heteroatoms. The average Bonchev–Trinajstić information content (AvgIpc) is 3.22. The molecule has 1 aliphatic rings. The second kappa shape index (κ2) is 7.04. The number of nitrogens with one attached hydrogen (secondary N) is 2. The summed E-state index contributed by atoms with van der Waals surface area (Å²) in [5, 5.41) is 11.7. The minimum absolute atomic E-state index is 0.000347. The number of urea groups is 1. The molecule has 3 amide bonds. The Hall–Kier alpha value is -3.70. The van der Waals surface area contributed by atoms with E-state index >= 15 is 0 Å². The number of halogens is 3. The second-order valence-corrected chi connectivity index (χ2v) is 6.74. The fourth-order valence-corrected chi connectivity index (χ4v) is 3.24. The zero-order chi connectivity index (χ0) is 20.7. The molecule has 2 N–H and O–H groups in total. The van der Waals surface area contributed by atoms with Crippen LogP contribution in [0.1, 0.15) is 16.7 Å². The lowest BCUT2D eigenvalue weighted by atomic mass is 10.1. The molecule has 144 valence electrons. The summed E-state index contributed by atoms with van der Waals surface area (Å²) >= 11 is 5.76. The number of rotatable bonds is 3. The number of carbonyl (C=O) groups is 2. The van der Waals surface area contributed by atoms with Gasteiger partial charge in [-0.3, -0.25) is 9.69 Å². The number of amides is 3. The number of hydrogen-bond donors (Lipinski definition) is 2. The summed E-state index contributed by atoms with van der Waals surface area (Å²) in [5.41, 5.74) is 0.908. The van der Waals surface area contributed by atoms with Crippen LogP contribution in [0.25, 0.3) is 17.0 Å². The lowest BCUT2D eigenvalue weighted by molar-refractivity contribution is -0.123. The molecule has 29 heavy (non-hydrogen) atoms. The van der Waals surface area contributed by atoms with Crippen molar-refractivity contribution in [1.29, 1.82) is 5.26 Å². The van der Waals surface area contributed by atoms with Crippen LogP contribution in [0.5, 0.6) is 0 Å². The van der Waals surface area contributed by atoms with Gasteiger partial charge in [-0.25, -0.2) is 13.6 Å². The molecule has 4 rings (SSSR count). The Labute approximate surface area is 168 Å². The number of nitriles is 1. The van der Waals surface area contributed by atoms with Crippen LogP contribution in [0.3, 0.4) is 0 Å². The van der Waals surface area contributed by atoms with Gasteiger partial charge in [-0.15, -0.1) is 0 Å². The van der Waals surface area contributed by atoms with Crippen LogP contribution >= 0.6 is 11.6 Å². The standard InChI is InChI=1S/C20H11ClF2N4O2/c21-14-4-3-13-12(8-25-18(13)17(14)23)6-16-19(28)27(20(29)26-16)9-10-1-2-11(7-24)15(22)5-10/h1-6,8,25H,9H2,(H,26,29). The van der Waals surface area contributed by atoms with E-state index in [0.717, 1.165) is 11.0 Å². The van der Waals surface area contributed by atoms with E-state index in [4.69, 9.17) is 16.9 Å². The maximum absolute atomic E-state index is 14.1. The van der Waals surface area contributed by atoms with Gasteiger partial charge in [-0.2, -0.15) is 5.26 Å².